The lowest BCUT2D eigenvalue weighted by atomic mass is 9.67. The lowest BCUT2D eigenvalue weighted by Gasteiger charge is -2.57. The molecule has 2 fully saturated rings. The highest BCUT2D eigenvalue weighted by Crippen LogP contribution is 2.52. The Morgan fingerprint density at radius 3 is 2.05 bits per heavy atom. The van der Waals surface area contributed by atoms with Crippen LogP contribution in [-0.4, -0.2) is 40.7 Å². The molecule has 2 rings (SSSR count). The van der Waals surface area contributed by atoms with Gasteiger partial charge in [-0.25, -0.2) is 0 Å². The molecule has 1 atom stereocenters. The molecular weight excluding hydrogens is 244 g/mol. The monoisotopic (exact) mass is 273 g/mol. The van der Waals surface area contributed by atoms with Crippen LogP contribution in [0.4, 0.5) is 0 Å². The van der Waals surface area contributed by atoms with E-state index in [1.54, 1.807) is 0 Å². The van der Waals surface area contributed by atoms with Crippen LogP contribution in [0.1, 0.15) is 54.4 Å². The van der Waals surface area contributed by atoms with Crippen LogP contribution in [0.15, 0.2) is 0 Å². The first kappa shape index (κ1) is 15.2. The van der Waals surface area contributed by atoms with E-state index in [-0.39, 0.29) is 16.5 Å². The van der Waals surface area contributed by atoms with Crippen LogP contribution >= 0.6 is 0 Å². The highest BCUT2D eigenvalue weighted by molar-refractivity contribution is 4.91. The topological polar surface area (TPSA) is 50.7 Å². The number of piperidine rings is 1. The molecule has 0 aromatic rings. The van der Waals surface area contributed by atoms with Crippen LogP contribution < -0.4 is 5.32 Å². The number of hydrogen-bond donors (Lipinski definition) is 2. The van der Waals surface area contributed by atoms with Gasteiger partial charge in [0.2, 0.25) is 0 Å². The van der Waals surface area contributed by atoms with Gasteiger partial charge in [-0.1, -0.05) is 13.8 Å². The highest BCUT2D eigenvalue weighted by atomic mass is 17.0. The van der Waals surface area contributed by atoms with Crippen molar-refractivity contribution in [3.8, 4) is 0 Å². The van der Waals surface area contributed by atoms with Gasteiger partial charge >= 0.3 is 0 Å². The molecule has 0 amide bonds. The minimum Gasteiger partial charge on any atom is -0.334 e. The van der Waals surface area contributed by atoms with Gasteiger partial charge in [0.05, 0.1) is 6.61 Å². The van der Waals surface area contributed by atoms with Gasteiger partial charge < -0.3 is 4.74 Å². The van der Waals surface area contributed by atoms with E-state index in [1.807, 2.05) is 0 Å². The van der Waals surface area contributed by atoms with Crippen LogP contribution in [0.25, 0.3) is 0 Å². The van der Waals surface area contributed by atoms with E-state index < -0.39 is 11.2 Å². The summed E-state index contributed by atoms with van der Waals surface area (Å²) in [6.07, 6.45) is 1.27. The average molecular weight is 273 g/mol. The van der Waals surface area contributed by atoms with Crippen LogP contribution in [0, 0.1) is 5.41 Å². The summed E-state index contributed by atoms with van der Waals surface area (Å²) in [6.45, 7) is 14.1. The number of rotatable bonds is 2. The second-order valence-electron chi connectivity index (χ2n) is 7.98. The minimum atomic E-state index is -0.523. The van der Waals surface area contributed by atoms with E-state index in [2.05, 4.69) is 46.9 Å². The molecule has 112 valence electrons. The van der Waals surface area contributed by atoms with E-state index in [0.717, 1.165) is 19.4 Å². The number of nitrogens with one attached hydrogen (secondary N) is 1. The largest absolute Gasteiger partial charge is 0.334 e. The van der Waals surface area contributed by atoms with Crippen molar-refractivity contribution in [1.82, 2.24) is 5.32 Å². The molecule has 5 nitrogen and oxygen atoms in total. The highest BCUT2D eigenvalue weighted by Gasteiger charge is 2.65. The fraction of sp³-hybridized carbons (Fsp3) is 1.00. The maximum absolute atomic E-state index is 11.2. The summed E-state index contributed by atoms with van der Waals surface area (Å²) in [5.74, 6) is 0. The normalized spacial score (nSPS) is 35.2. The molecule has 1 unspecified atom stereocenters. The first-order valence-electron chi connectivity index (χ1n) is 7.15. The van der Waals surface area contributed by atoms with Crippen molar-refractivity contribution in [2.75, 3.05) is 13.2 Å². The Labute approximate surface area is 116 Å². The molecule has 0 bridgehead atoms. The van der Waals surface area contributed by atoms with Gasteiger partial charge in [0.25, 0.3) is 6.41 Å². The number of ether oxygens (including phenoxy) is 1. The molecule has 2 aliphatic rings. The molecule has 2 N–H and O–H groups in total. The van der Waals surface area contributed by atoms with E-state index in [4.69, 9.17) is 9.57 Å². The van der Waals surface area contributed by atoms with Gasteiger partial charge in [-0.2, -0.15) is 5.21 Å². The molecule has 0 aromatic heterocycles. The predicted octanol–water partition coefficient (Wildman–Crippen LogP) is 2.40. The molecule has 5 heteroatoms. The molecule has 0 radical (unpaired) electrons. The second-order valence-corrected chi connectivity index (χ2v) is 7.98. The van der Waals surface area contributed by atoms with Crippen LogP contribution in [0.2, 0.25) is 0 Å². The zero-order valence-electron chi connectivity index (χ0n) is 13.1. The molecule has 2 heterocycles. The summed E-state index contributed by atoms with van der Waals surface area (Å²) in [7, 11) is 0. The molecule has 19 heavy (non-hydrogen) atoms. The first-order valence-corrected chi connectivity index (χ1v) is 7.15. The molecule has 0 spiro atoms. The molecule has 0 aromatic carbocycles. The maximum Gasteiger partial charge on any atom is 0.276 e. The van der Waals surface area contributed by atoms with Gasteiger partial charge in [-0.3, -0.25) is 5.32 Å². The molecule has 0 aliphatic carbocycles. The van der Waals surface area contributed by atoms with Crippen molar-refractivity contribution in [2.45, 2.75) is 71.9 Å². The SMILES string of the molecule is CC1(C)CC(C)(C)[N+](O)(OC2NCCO2)C(C)(C)C1. The summed E-state index contributed by atoms with van der Waals surface area (Å²) >= 11 is 0. The van der Waals surface area contributed by atoms with E-state index in [0.29, 0.717) is 6.61 Å². The zero-order valence-corrected chi connectivity index (χ0v) is 13.1. The summed E-state index contributed by atoms with van der Waals surface area (Å²) in [4.78, 5) is 5.51. The Morgan fingerprint density at radius 2 is 1.63 bits per heavy atom. The van der Waals surface area contributed by atoms with Crippen molar-refractivity contribution in [2.24, 2.45) is 5.41 Å². The lowest BCUT2D eigenvalue weighted by Crippen LogP contribution is -2.74. The summed E-state index contributed by atoms with van der Waals surface area (Å²) in [6, 6.07) is 0. The van der Waals surface area contributed by atoms with Crippen molar-refractivity contribution >= 4 is 0 Å². The third kappa shape index (κ3) is 2.54. The summed E-state index contributed by atoms with van der Waals surface area (Å²) < 4.78 is 5.45. The Bertz CT molecular complexity index is 327. The van der Waals surface area contributed by atoms with Crippen LogP contribution in [0.3, 0.4) is 0 Å². The Morgan fingerprint density at radius 1 is 1.11 bits per heavy atom. The smallest absolute Gasteiger partial charge is 0.276 e. The van der Waals surface area contributed by atoms with E-state index in [9.17, 15) is 5.21 Å². The number of hydrogen-bond acceptors (Lipinski definition) is 4. The molecule has 2 aliphatic heterocycles. The predicted molar refractivity (Wildman–Crippen MR) is 72.0 cm³/mol. The van der Waals surface area contributed by atoms with E-state index in [1.165, 1.54) is 0 Å². The fourth-order valence-corrected chi connectivity index (χ4v) is 4.33. The first-order chi connectivity index (χ1) is 8.49. The fourth-order valence-electron chi connectivity index (χ4n) is 4.33. The number of quaternary nitrogens is 1. The van der Waals surface area contributed by atoms with Gasteiger partial charge in [0.15, 0.2) is 11.1 Å². The molecular formula is C14H29N2O3+. The number of hydroxylamine groups is 4. The molecule has 2 saturated heterocycles. The Balaban J connectivity index is 2.29. The summed E-state index contributed by atoms with van der Waals surface area (Å²) in [5.41, 5.74) is -0.595. The van der Waals surface area contributed by atoms with Gasteiger partial charge in [0.1, 0.15) is 0 Å². The lowest BCUT2D eigenvalue weighted by molar-refractivity contribution is -1.31. The maximum atomic E-state index is 11.2. The van der Waals surface area contributed by atoms with E-state index >= 15 is 0 Å². The minimum absolute atomic E-state index is 0.185. The van der Waals surface area contributed by atoms with Gasteiger partial charge in [0, 0.05) is 19.4 Å². The Kier molecular flexibility index (Phi) is 3.52. The van der Waals surface area contributed by atoms with Crippen LogP contribution in [-0.2, 0) is 9.57 Å². The second kappa shape index (κ2) is 4.40. The standard InChI is InChI=1S/C14H29N2O3/c1-12(2)9-13(3,4)16(17,14(5,6)10-12)19-11-15-7-8-18-11/h11,15,17H,7-10H2,1-6H3/q+1. The Hall–Kier alpha value is -0.200. The van der Waals surface area contributed by atoms with Crippen LogP contribution in [0.5, 0.6) is 0 Å². The van der Waals surface area contributed by atoms with Crippen molar-refractivity contribution in [3.63, 3.8) is 0 Å². The van der Waals surface area contributed by atoms with Crippen molar-refractivity contribution in [3.05, 3.63) is 0 Å². The third-order valence-electron chi connectivity index (χ3n) is 4.39. The average Bonchev–Trinajstić information content (AvgIpc) is 2.63. The van der Waals surface area contributed by atoms with Gasteiger partial charge in [-0.05, 0) is 37.9 Å². The van der Waals surface area contributed by atoms with Crippen molar-refractivity contribution in [1.29, 1.82) is 0 Å². The van der Waals surface area contributed by atoms with Gasteiger partial charge in [-0.15, -0.1) is 4.84 Å². The molecule has 0 saturated carbocycles. The number of nitrogens with zero attached hydrogens (tertiary/aromatic N) is 1. The van der Waals surface area contributed by atoms with Crippen molar-refractivity contribution < 1.29 is 19.6 Å². The quantitative estimate of drug-likeness (QED) is 0.759. The summed E-state index contributed by atoms with van der Waals surface area (Å²) in [5, 5.41) is 14.3. The zero-order chi connectivity index (χ0) is 14.5. The third-order valence-corrected chi connectivity index (χ3v) is 4.39.